The zero-order chi connectivity index (χ0) is 22.1. The Bertz CT molecular complexity index is 1260. The largest absolute Gasteiger partial charge is 0.495 e. The summed E-state index contributed by atoms with van der Waals surface area (Å²) < 4.78 is 34.1. The minimum absolute atomic E-state index is 0.0170. The van der Waals surface area contributed by atoms with E-state index in [0.29, 0.717) is 17.8 Å². The molecule has 0 unspecified atom stereocenters. The summed E-state index contributed by atoms with van der Waals surface area (Å²) in [4.78, 5) is 25.5. The smallest absolute Gasteiger partial charge is 0.329 e. The second kappa shape index (κ2) is 8.33. The summed E-state index contributed by atoms with van der Waals surface area (Å²) >= 11 is 0. The molecular weight excluding hydrogens is 408 g/mol. The average molecular weight is 433 g/mol. The number of carbonyl (C=O) groups excluding carboxylic acids is 1. The Labute approximate surface area is 174 Å². The Kier molecular flexibility index (Phi) is 5.99. The third kappa shape index (κ3) is 3.83. The molecule has 0 spiro atoms. The number of benzene rings is 2. The molecule has 1 amide bonds. The molecule has 0 bridgehead atoms. The third-order valence-electron chi connectivity index (χ3n) is 4.77. The van der Waals surface area contributed by atoms with Crippen molar-refractivity contribution in [1.82, 2.24) is 13.4 Å². The summed E-state index contributed by atoms with van der Waals surface area (Å²) in [5, 5.41) is 2.66. The lowest BCUT2D eigenvalue weighted by molar-refractivity contribution is -0.116. The first-order valence-corrected chi connectivity index (χ1v) is 10.7. The number of anilines is 1. The maximum Gasteiger partial charge on any atom is 0.329 e. The molecule has 0 aliphatic heterocycles. The van der Waals surface area contributed by atoms with E-state index < -0.39 is 15.9 Å². The molecule has 160 valence electrons. The van der Waals surface area contributed by atoms with Gasteiger partial charge in [-0.25, -0.2) is 17.5 Å². The van der Waals surface area contributed by atoms with Gasteiger partial charge in [-0.3, -0.25) is 13.9 Å². The number of hydrogen-bond acceptors (Lipinski definition) is 5. The normalized spacial score (nSPS) is 11.8. The lowest BCUT2D eigenvalue weighted by Gasteiger charge is -2.15. The van der Waals surface area contributed by atoms with Crippen molar-refractivity contribution in [3.05, 3.63) is 52.9 Å². The number of imidazole rings is 1. The van der Waals surface area contributed by atoms with E-state index >= 15 is 0 Å². The lowest BCUT2D eigenvalue weighted by Crippen LogP contribution is -2.29. The highest BCUT2D eigenvalue weighted by atomic mass is 32.2. The predicted octanol–water partition coefficient (Wildman–Crippen LogP) is 1.72. The number of para-hydroxylation sites is 2. The van der Waals surface area contributed by atoms with Crippen molar-refractivity contribution in [3.63, 3.8) is 0 Å². The van der Waals surface area contributed by atoms with Crippen LogP contribution in [0.25, 0.3) is 11.0 Å². The number of aryl methyl sites for hydroxylation is 1. The Hall–Kier alpha value is -3.11. The molecule has 0 atom stereocenters. The molecule has 1 N–H and O–H groups in total. The van der Waals surface area contributed by atoms with E-state index in [2.05, 4.69) is 5.32 Å². The van der Waals surface area contributed by atoms with E-state index in [9.17, 15) is 18.0 Å². The molecule has 3 aromatic rings. The van der Waals surface area contributed by atoms with Crippen molar-refractivity contribution in [1.29, 1.82) is 0 Å². The number of nitrogens with zero attached hydrogens (tertiary/aromatic N) is 3. The van der Waals surface area contributed by atoms with Crippen molar-refractivity contribution in [2.75, 3.05) is 26.5 Å². The topological polar surface area (TPSA) is 103 Å². The summed E-state index contributed by atoms with van der Waals surface area (Å²) in [5.41, 5.74) is 1.31. The second-order valence-electron chi connectivity index (χ2n) is 6.80. The van der Waals surface area contributed by atoms with Crippen LogP contribution in [0.15, 0.2) is 52.2 Å². The maximum atomic E-state index is 12.7. The molecule has 0 aliphatic carbocycles. The molecule has 9 nitrogen and oxygen atoms in total. The average Bonchev–Trinajstić information content (AvgIpc) is 2.98. The Morgan fingerprint density at radius 2 is 1.73 bits per heavy atom. The van der Waals surface area contributed by atoms with Crippen LogP contribution in [0.5, 0.6) is 5.75 Å². The summed E-state index contributed by atoms with van der Waals surface area (Å²) in [7, 11) is 0.583. The van der Waals surface area contributed by atoms with Crippen molar-refractivity contribution in [2.45, 2.75) is 24.9 Å². The number of aromatic nitrogens is 2. The molecule has 3 rings (SSSR count). The van der Waals surface area contributed by atoms with Gasteiger partial charge in [-0.2, -0.15) is 0 Å². The summed E-state index contributed by atoms with van der Waals surface area (Å²) in [6, 6.07) is 11.5. The van der Waals surface area contributed by atoms with E-state index in [0.717, 1.165) is 9.82 Å². The molecule has 0 saturated carbocycles. The fraction of sp³-hybridized carbons (Fsp3) is 0.300. The zero-order valence-electron chi connectivity index (χ0n) is 17.2. The van der Waals surface area contributed by atoms with Crippen LogP contribution in [0, 0.1) is 0 Å². The molecule has 10 heteroatoms. The van der Waals surface area contributed by atoms with Gasteiger partial charge in [-0.05, 0) is 37.3 Å². The number of nitrogens with one attached hydrogen (secondary N) is 1. The SMILES string of the molecule is CCn1c(=O)n(CC(=O)Nc2cc(S(=O)(=O)N(C)C)ccc2OC)c2ccccc21. The number of carbonyl (C=O) groups is 1. The highest BCUT2D eigenvalue weighted by Gasteiger charge is 2.20. The van der Waals surface area contributed by atoms with Gasteiger partial charge in [0.1, 0.15) is 12.3 Å². The molecule has 0 saturated heterocycles. The molecule has 2 aromatic carbocycles. The van der Waals surface area contributed by atoms with Gasteiger partial charge in [0.2, 0.25) is 15.9 Å². The van der Waals surface area contributed by atoms with Gasteiger partial charge in [0.05, 0.1) is 28.7 Å². The summed E-state index contributed by atoms with van der Waals surface area (Å²) in [6.45, 7) is 2.12. The Morgan fingerprint density at radius 1 is 1.10 bits per heavy atom. The first kappa shape index (κ1) is 21.6. The number of fused-ring (bicyclic) bond motifs is 1. The van der Waals surface area contributed by atoms with Gasteiger partial charge >= 0.3 is 5.69 Å². The van der Waals surface area contributed by atoms with Gasteiger partial charge < -0.3 is 10.1 Å². The summed E-state index contributed by atoms with van der Waals surface area (Å²) in [5.74, 6) is -0.168. The van der Waals surface area contributed by atoms with Crippen molar-refractivity contribution < 1.29 is 17.9 Å². The van der Waals surface area contributed by atoms with Crippen LogP contribution in [0.4, 0.5) is 5.69 Å². The number of sulfonamides is 1. The number of hydrogen-bond donors (Lipinski definition) is 1. The number of methoxy groups -OCH3 is 1. The lowest BCUT2D eigenvalue weighted by atomic mass is 10.3. The minimum atomic E-state index is -3.69. The van der Waals surface area contributed by atoms with Crippen LogP contribution < -0.4 is 15.7 Å². The first-order chi connectivity index (χ1) is 14.2. The van der Waals surface area contributed by atoms with Gasteiger partial charge in [0, 0.05) is 20.6 Å². The van der Waals surface area contributed by atoms with Crippen LogP contribution in [0.2, 0.25) is 0 Å². The number of ether oxygens (including phenoxy) is 1. The van der Waals surface area contributed by atoms with E-state index in [1.54, 1.807) is 16.7 Å². The highest BCUT2D eigenvalue weighted by molar-refractivity contribution is 7.89. The van der Waals surface area contributed by atoms with Crippen molar-refractivity contribution in [3.8, 4) is 5.75 Å². The quantitative estimate of drug-likeness (QED) is 0.612. The van der Waals surface area contributed by atoms with Gasteiger partial charge in [0.15, 0.2) is 0 Å². The van der Waals surface area contributed by atoms with Gasteiger partial charge in [0.25, 0.3) is 0 Å². The van der Waals surface area contributed by atoms with E-state index in [1.807, 2.05) is 19.1 Å². The first-order valence-electron chi connectivity index (χ1n) is 9.29. The van der Waals surface area contributed by atoms with Gasteiger partial charge in [-0.15, -0.1) is 0 Å². The van der Waals surface area contributed by atoms with Crippen LogP contribution >= 0.6 is 0 Å². The zero-order valence-corrected chi connectivity index (χ0v) is 18.1. The molecule has 1 heterocycles. The third-order valence-corrected chi connectivity index (χ3v) is 6.58. The number of rotatable bonds is 7. The minimum Gasteiger partial charge on any atom is -0.495 e. The fourth-order valence-corrected chi connectivity index (χ4v) is 4.15. The van der Waals surface area contributed by atoms with Crippen molar-refractivity contribution in [2.24, 2.45) is 0 Å². The van der Waals surface area contributed by atoms with Crippen LogP contribution in [0.1, 0.15) is 6.92 Å². The maximum absolute atomic E-state index is 12.7. The molecule has 0 aliphatic rings. The second-order valence-corrected chi connectivity index (χ2v) is 8.95. The molecule has 0 fully saturated rings. The summed E-state index contributed by atoms with van der Waals surface area (Å²) in [6.07, 6.45) is 0. The fourth-order valence-electron chi connectivity index (χ4n) is 3.22. The Balaban J connectivity index is 1.95. The monoisotopic (exact) mass is 432 g/mol. The molecule has 1 aromatic heterocycles. The van der Waals surface area contributed by atoms with Crippen LogP contribution in [0.3, 0.4) is 0 Å². The Morgan fingerprint density at radius 3 is 2.30 bits per heavy atom. The number of amides is 1. The molecular formula is C20H24N4O5S. The van der Waals surface area contributed by atoms with Crippen LogP contribution in [-0.2, 0) is 27.9 Å². The molecule has 0 radical (unpaired) electrons. The molecule has 30 heavy (non-hydrogen) atoms. The van der Waals surface area contributed by atoms with E-state index in [1.165, 1.54) is 44.0 Å². The standard InChI is InChI=1S/C20H24N4O5S/c1-5-23-16-8-6-7-9-17(16)24(20(23)26)13-19(25)21-15-12-14(10-11-18(15)29-4)30(27,28)22(2)3/h6-12H,5,13H2,1-4H3,(H,21,25). The van der Waals surface area contributed by atoms with E-state index in [4.69, 9.17) is 4.74 Å². The predicted molar refractivity (Wildman–Crippen MR) is 114 cm³/mol. The van der Waals surface area contributed by atoms with E-state index in [-0.39, 0.29) is 22.8 Å². The van der Waals surface area contributed by atoms with Crippen LogP contribution in [-0.4, -0.2) is 49.0 Å². The van der Waals surface area contributed by atoms with Crippen molar-refractivity contribution >= 4 is 32.7 Å². The highest BCUT2D eigenvalue weighted by Crippen LogP contribution is 2.28. The van der Waals surface area contributed by atoms with Gasteiger partial charge in [-0.1, -0.05) is 12.1 Å².